The number of nitrogens with zero attached hydrogens (tertiary/aromatic N) is 4. The van der Waals surface area contributed by atoms with Gasteiger partial charge >= 0.3 is 0 Å². The number of aromatic nitrogens is 2. The van der Waals surface area contributed by atoms with Crippen LogP contribution in [0.25, 0.3) is 0 Å². The minimum Gasteiger partial charge on any atom is -0.455 e. The summed E-state index contributed by atoms with van der Waals surface area (Å²) in [5.74, 6) is 2.29. The molecule has 136 valence electrons. The summed E-state index contributed by atoms with van der Waals surface area (Å²) in [6, 6.07) is 4.03. The zero-order valence-corrected chi connectivity index (χ0v) is 15.4. The van der Waals surface area contributed by atoms with E-state index in [1.54, 1.807) is 0 Å². The molecule has 1 aliphatic heterocycles. The minimum atomic E-state index is -0.00624. The Labute approximate surface area is 149 Å². The van der Waals surface area contributed by atoms with Crippen LogP contribution in [-0.4, -0.2) is 51.4 Å². The fourth-order valence-electron chi connectivity index (χ4n) is 3.54. The second-order valence-electron chi connectivity index (χ2n) is 6.66. The highest BCUT2D eigenvalue weighted by atomic mass is 16.4. The molecule has 3 rings (SSSR count). The van der Waals surface area contributed by atoms with Crippen LogP contribution in [0.2, 0.25) is 0 Å². The number of piperidine rings is 1. The van der Waals surface area contributed by atoms with E-state index in [0.29, 0.717) is 18.3 Å². The van der Waals surface area contributed by atoms with Crippen molar-refractivity contribution in [2.45, 2.75) is 46.2 Å². The van der Waals surface area contributed by atoms with Gasteiger partial charge in [0, 0.05) is 25.5 Å². The molecule has 3 heterocycles. The molecule has 0 N–H and O–H groups in total. The molecule has 1 fully saturated rings. The highest BCUT2D eigenvalue weighted by Gasteiger charge is 2.27. The SMILES string of the molecule is CCN(CC)Cc1ccc(C(=O)N2CCC[C@@H](n3ccnc3C)C2)o1. The first kappa shape index (κ1) is 17.7. The molecule has 1 atom stereocenters. The van der Waals surface area contributed by atoms with Crippen LogP contribution in [0.4, 0.5) is 0 Å². The van der Waals surface area contributed by atoms with Crippen molar-refractivity contribution in [1.82, 2.24) is 19.4 Å². The Morgan fingerprint density at radius 1 is 1.36 bits per heavy atom. The topological polar surface area (TPSA) is 54.5 Å². The molecule has 2 aromatic rings. The lowest BCUT2D eigenvalue weighted by Gasteiger charge is -2.33. The molecule has 25 heavy (non-hydrogen) atoms. The van der Waals surface area contributed by atoms with Crippen molar-refractivity contribution in [3.63, 3.8) is 0 Å². The van der Waals surface area contributed by atoms with E-state index < -0.39 is 0 Å². The van der Waals surface area contributed by atoms with E-state index in [0.717, 1.165) is 50.6 Å². The number of furan rings is 1. The third kappa shape index (κ3) is 3.95. The monoisotopic (exact) mass is 344 g/mol. The molecule has 0 aromatic carbocycles. The fourth-order valence-corrected chi connectivity index (χ4v) is 3.54. The molecule has 0 radical (unpaired) electrons. The van der Waals surface area contributed by atoms with Crippen molar-refractivity contribution < 1.29 is 9.21 Å². The first-order chi connectivity index (χ1) is 12.1. The first-order valence-electron chi connectivity index (χ1n) is 9.22. The third-order valence-electron chi connectivity index (χ3n) is 5.09. The molecule has 1 aliphatic rings. The number of amides is 1. The van der Waals surface area contributed by atoms with Crippen LogP contribution in [0.15, 0.2) is 28.9 Å². The zero-order chi connectivity index (χ0) is 17.8. The molecule has 1 saturated heterocycles. The van der Waals surface area contributed by atoms with Crippen molar-refractivity contribution in [1.29, 1.82) is 0 Å². The van der Waals surface area contributed by atoms with Crippen LogP contribution in [-0.2, 0) is 6.54 Å². The Kier molecular flexibility index (Phi) is 5.58. The summed E-state index contributed by atoms with van der Waals surface area (Å²) >= 11 is 0. The quantitative estimate of drug-likeness (QED) is 0.808. The van der Waals surface area contributed by atoms with Gasteiger partial charge in [-0.2, -0.15) is 0 Å². The fraction of sp³-hybridized carbons (Fsp3) is 0.579. The van der Waals surface area contributed by atoms with Crippen molar-refractivity contribution in [3.8, 4) is 0 Å². The Balaban J connectivity index is 1.66. The Morgan fingerprint density at radius 2 is 2.16 bits per heavy atom. The van der Waals surface area contributed by atoms with Gasteiger partial charge in [-0.1, -0.05) is 13.8 Å². The molecular weight excluding hydrogens is 316 g/mol. The van der Waals surface area contributed by atoms with Gasteiger partial charge in [0.15, 0.2) is 5.76 Å². The molecule has 1 amide bonds. The van der Waals surface area contributed by atoms with Crippen molar-refractivity contribution in [2.24, 2.45) is 0 Å². The Morgan fingerprint density at radius 3 is 2.84 bits per heavy atom. The van der Waals surface area contributed by atoms with Gasteiger partial charge in [0.1, 0.15) is 11.6 Å². The number of imidazole rings is 1. The maximum Gasteiger partial charge on any atom is 0.289 e. The van der Waals surface area contributed by atoms with Gasteiger partial charge in [-0.3, -0.25) is 9.69 Å². The van der Waals surface area contributed by atoms with Crippen LogP contribution in [0, 0.1) is 6.92 Å². The normalized spacial score (nSPS) is 18.1. The summed E-state index contributed by atoms with van der Waals surface area (Å²) in [5.41, 5.74) is 0. The molecule has 0 saturated carbocycles. The highest BCUT2D eigenvalue weighted by molar-refractivity contribution is 5.91. The smallest absolute Gasteiger partial charge is 0.289 e. The van der Waals surface area contributed by atoms with Gasteiger partial charge in [-0.15, -0.1) is 0 Å². The lowest BCUT2D eigenvalue weighted by atomic mass is 10.1. The molecule has 0 aliphatic carbocycles. The van der Waals surface area contributed by atoms with E-state index in [1.165, 1.54) is 0 Å². The van der Waals surface area contributed by atoms with Gasteiger partial charge in [-0.25, -0.2) is 4.98 Å². The van der Waals surface area contributed by atoms with E-state index in [9.17, 15) is 4.79 Å². The predicted octanol–water partition coefficient (Wildman–Crippen LogP) is 3.10. The summed E-state index contributed by atoms with van der Waals surface area (Å²) in [7, 11) is 0. The largest absolute Gasteiger partial charge is 0.455 e. The number of rotatable bonds is 6. The molecule has 0 spiro atoms. The summed E-state index contributed by atoms with van der Waals surface area (Å²) in [6.45, 7) is 10.5. The maximum atomic E-state index is 12.8. The first-order valence-corrected chi connectivity index (χ1v) is 9.22. The predicted molar refractivity (Wildman–Crippen MR) is 96.5 cm³/mol. The van der Waals surface area contributed by atoms with E-state index in [-0.39, 0.29) is 5.91 Å². The van der Waals surface area contributed by atoms with Crippen molar-refractivity contribution in [2.75, 3.05) is 26.2 Å². The van der Waals surface area contributed by atoms with E-state index in [2.05, 4.69) is 28.3 Å². The lowest BCUT2D eigenvalue weighted by Crippen LogP contribution is -2.40. The third-order valence-corrected chi connectivity index (χ3v) is 5.09. The maximum absolute atomic E-state index is 12.8. The van der Waals surface area contributed by atoms with Crippen molar-refractivity contribution >= 4 is 5.91 Å². The summed E-state index contributed by atoms with van der Waals surface area (Å²) in [5, 5.41) is 0. The summed E-state index contributed by atoms with van der Waals surface area (Å²) < 4.78 is 8.00. The molecule has 6 nitrogen and oxygen atoms in total. The molecular formula is C19H28N4O2. The summed E-state index contributed by atoms with van der Waals surface area (Å²) in [6.07, 6.45) is 5.90. The number of hydrogen-bond donors (Lipinski definition) is 0. The number of hydrogen-bond acceptors (Lipinski definition) is 4. The number of aryl methyl sites for hydroxylation is 1. The summed E-state index contributed by atoms with van der Waals surface area (Å²) in [4.78, 5) is 21.3. The van der Waals surface area contributed by atoms with E-state index in [4.69, 9.17) is 4.42 Å². The van der Waals surface area contributed by atoms with Gasteiger partial charge in [0.25, 0.3) is 5.91 Å². The number of carbonyl (C=O) groups excluding carboxylic acids is 1. The van der Waals surface area contributed by atoms with Crippen LogP contribution in [0.5, 0.6) is 0 Å². The minimum absolute atomic E-state index is 0.00624. The van der Waals surface area contributed by atoms with Gasteiger partial charge in [-0.05, 0) is 45.0 Å². The zero-order valence-electron chi connectivity index (χ0n) is 15.4. The van der Waals surface area contributed by atoms with Crippen molar-refractivity contribution in [3.05, 3.63) is 41.9 Å². The second-order valence-corrected chi connectivity index (χ2v) is 6.66. The lowest BCUT2D eigenvalue weighted by molar-refractivity contribution is 0.0642. The van der Waals surface area contributed by atoms with Gasteiger partial charge in [0.2, 0.25) is 0 Å². The van der Waals surface area contributed by atoms with E-state index in [1.807, 2.05) is 36.4 Å². The Bertz CT molecular complexity index is 702. The second kappa shape index (κ2) is 7.87. The number of likely N-dealkylation sites (tertiary alicyclic amines) is 1. The van der Waals surface area contributed by atoms with Crippen LogP contribution in [0.1, 0.15) is 54.9 Å². The molecule has 2 aromatic heterocycles. The number of carbonyl (C=O) groups is 1. The standard InChI is InChI=1S/C19H28N4O2/c1-4-21(5-2)14-17-8-9-18(25-17)19(24)22-11-6-7-16(13-22)23-12-10-20-15(23)3/h8-10,12,16H,4-7,11,13-14H2,1-3H3/t16-/m1/s1. The molecule has 6 heteroatoms. The van der Waals surface area contributed by atoms with Crippen LogP contribution >= 0.6 is 0 Å². The average Bonchev–Trinajstić information content (AvgIpc) is 3.28. The van der Waals surface area contributed by atoms with E-state index >= 15 is 0 Å². The van der Waals surface area contributed by atoms with Crippen LogP contribution < -0.4 is 0 Å². The Hall–Kier alpha value is -2.08. The van der Waals surface area contributed by atoms with Gasteiger partial charge < -0.3 is 13.9 Å². The van der Waals surface area contributed by atoms with Crippen LogP contribution in [0.3, 0.4) is 0 Å². The highest BCUT2D eigenvalue weighted by Crippen LogP contribution is 2.24. The molecule has 0 bridgehead atoms. The molecule has 0 unspecified atom stereocenters. The average molecular weight is 344 g/mol. The van der Waals surface area contributed by atoms with Gasteiger partial charge in [0.05, 0.1) is 12.6 Å².